The van der Waals surface area contributed by atoms with Crippen molar-refractivity contribution in [3.63, 3.8) is 0 Å². The second-order valence-electron chi connectivity index (χ2n) is 10.1. The van der Waals surface area contributed by atoms with Crippen molar-refractivity contribution in [3.05, 3.63) is 33.1 Å². The number of nitrogens with zero attached hydrogens (tertiary/aromatic N) is 4. The number of amides is 4. The first-order valence-corrected chi connectivity index (χ1v) is 10.8. The molecule has 176 valence electrons. The van der Waals surface area contributed by atoms with Crippen molar-refractivity contribution >= 4 is 34.6 Å². The number of urea groups is 1. The Bertz CT molecular complexity index is 1310. The van der Waals surface area contributed by atoms with E-state index in [4.69, 9.17) is 0 Å². The third-order valence-corrected chi connectivity index (χ3v) is 6.50. The number of imide groups is 1. The molecule has 11 nitrogen and oxygen atoms in total. The Hall–Kier alpha value is -3.50. The van der Waals surface area contributed by atoms with Gasteiger partial charge in [0, 0.05) is 14.1 Å². The van der Waals surface area contributed by atoms with Crippen molar-refractivity contribution in [2.24, 2.45) is 25.4 Å². The summed E-state index contributed by atoms with van der Waals surface area (Å²) in [6, 6.07) is 0.835. The summed E-state index contributed by atoms with van der Waals surface area (Å²) in [6.45, 7) is 5.76. The maximum Gasteiger partial charge on any atom is 0.332 e. The molecule has 1 aliphatic carbocycles. The van der Waals surface area contributed by atoms with Crippen LogP contribution in [0.15, 0.2) is 21.9 Å². The summed E-state index contributed by atoms with van der Waals surface area (Å²) in [7, 11) is 2.85. The molecule has 0 radical (unpaired) electrons. The second-order valence-corrected chi connectivity index (χ2v) is 10.1. The summed E-state index contributed by atoms with van der Waals surface area (Å²) < 4.78 is 2.19. The van der Waals surface area contributed by atoms with Gasteiger partial charge in [-0.15, -0.1) is 0 Å². The highest BCUT2D eigenvalue weighted by molar-refractivity contribution is 6.10. The number of carbonyl (C=O) groups excluding carboxylic acids is 3. The van der Waals surface area contributed by atoms with Gasteiger partial charge in [-0.1, -0.05) is 20.8 Å². The molecule has 4 rings (SSSR count). The number of anilines is 1. The van der Waals surface area contributed by atoms with Gasteiger partial charge in [-0.2, -0.15) is 0 Å². The lowest BCUT2D eigenvalue weighted by atomic mass is 9.64. The Morgan fingerprint density at radius 1 is 1.18 bits per heavy atom. The monoisotopic (exact) mass is 456 g/mol. The van der Waals surface area contributed by atoms with E-state index in [1.54, 1.807) is 0 Å². The average molecular weight is 457 g/mol. The lowest BCUT2D eigenvalue weighted by Gasteiger charge is -2.43. The first-order chi connectivity index (χ1) is 15.3. The van der Waals surface area contributed by atoms with Crippen LogP contribution in [-0.4, -0.2) is 48.9 Å². The summed E-state index contributed by atoms with van der Waals surface area (Å²) in [6.07, 6.45) is 3.33. The van der Waals surface area contributed by atoms with E-state index in [9.17, 15) is 24.0 Å². The summed E-state index contributed by atoms with van der Waals surface area (Å²) >= 11 is 0. The van der Waals surface area contributed by atoms with Gasteiger partial charge < -0.3 is 10.6 Å². The third-order valence-electron chi connectivity index (χ3n) is 6.50. The SMILES string of the molecule is CC1CC(C)(C)CC2(C1)NC(=O)N(CC(=O)Nc1cnc3c(c1)c(=O)n(C)c(=O)n3C)C2=O. The van der Waals surface area contributed by atoms with Crippen molar-refractivity contribution in [2.45, 2.75) is 45.6 Å². The van der Waals surface area contributed by atoms with Gasteiger partial charge in [0.1, 0.15) is 17.7 Å². The van der Waals surface area contributed by atoms with Gasteiger partial charge in [0.05, 0.1) is 17.3 Å². The fourth-order valence-corrected chi connectivity index (χ4v) is 5.53. The van der Waals surface area contributed by atoms with Gasteiger partial charge in [-0.25, -0.2) is 14.6 Å². The molecule has 0 aromatic carbocycles. The first-order valence-electron chi connectivity index (χ1n) is 10.8. The third kappa shape index (κ3) is 3.81. The zero-order valence-electron chi connectivity index (χ0n) is 19.4. The first kappa shape index (κ1) is 22.7. The van der Waals surface area contributed by atoms with Crippen LogP contribution in [0.4, 0.5) is 10.5 Å². The zero-order valence-corrected chi connectivity index (χ0v) is 19.4. The number of pyridine rings is 1. The normalized spacial score (nSPS) is 24.4. The molecule has 2 aliphatic rings. The zero-order chi connectivity index (χ0) is 24.3. The summed E-state index contributed by atoms with van der Waals surface area (Å²) in [5, 5.41) is 5.59. The molecule has 4 amide bonds. The Kier molecular flexibility index (Phi) is 5.18. The van der Waals surface area contributed by atoms with E-state index in [-0.39, 0.29) is 34.0 Å². The standard InChI is InChI=1S/C22H28N6O5/c1-12-7-21(2,3)11-22(8-12)18(31)28(19(32)25-22)10-15(29)24-13-6-14-16(23-9-13)26(4)20(33)27(5)17(14)30/h6,9,12H,7-8,10-11H2,1-5H3,(H,24,29)(H,25,32). The van der Waals surface area contributed by atoms with E-state index in [0.29, 0.717) is 12.8 Å². The molecule has 2 aromatic rings. The van der Waals surface area contributed by atoms with Crippen LogP contribution in [0.5, 0.6) is 0 Å². The second kappa shape index (κ2) is 7.53. The maximum atomic E-state index is 13.2. The number of hydrogen-bond acceptors (Lipinski definition) is 6. The Labute approximate surface area is 189 Å². The highest BCUT2D eigenvalue weighted by atomic mass is 16.2. The van der Waals surface area contributed by atoms with Gasteiger partial charge in [-0.3, -0.25) is 28.4 Å². The van der Waals surface area contributed by atoms with Crippen LogP contribution in [0.1, 0.15) is 40.0 Å². The number of hydrogen-bond donors (Lipinski definition) is 2. The van der Waals surface area contributed by atoms with Gasteiger partial charge in [0.15, 0.2) is 0 Å². The van der Waals surface area contributed by atoms with E-state index < -0.39 is 35.3 Å². The van der Waals surface area contributed by atoms with E-state index >= 15 is 0 Å². The molecule has 3 heterocycles. The number of aromatic nitrogens is 3. The van der Waals surface area contributed by atoms with Crippen LogP contribution in [-0.2, 0) is 23.7 Å². The molecule has 2 aromatic heterocycles. The van der Waals surface area contributed by atoms with Crippen LogP contribution in [0.25, 0.3) is 11.0 Å². The summed E-state index contributed by atoms with van der Waals surface area (Å²) in [4.78, 5) is 68.1. The molecule has 1 saturated carbocycles. The molecule has 1 spiro atoms. The molecule has 1 saturated heterocycles. The summed E-state index contributed by atoms with van der Waals surface area (Å²) in [5.74, 6) is -0.724. The predicted octanol–water partition coefficient (Wildman–Crippen LogP) is 0.708. The lowest BCUT2D eigenvalue weighted by Crippen LogP contribution is -2.54. The number of aryl methyl sites for hydroxylation is 1. The molecule has 0 bridgehead atoms. The molecule has 2 fully saturated rings. The Morgan fingerprint density at radius 2 is 1.88 bits per heavy atom. The minimum Gasteiger partial charge on any atom is -0.323 e. The number of carbonyl (C=O) groups is 3. The number of fused-ring (bicyclic) bond motifs is 1. The molecular weight excluding hydrogens is 428 g/mol. The van der Waals surface area contributed by atoms with Crippen LogP contribution in [0.3, 0.4) is 0 Å². The molecule has 1 aliphatic heterocycles. The lowest BCUT2D eigenvalue weighted by molar-refractivity contribution is -0.136. The summed E-state index contributed by atoms with van der Waals surface area (Å²) in [5.41, 5.74) is -1.74. The fraction of sp³-hybridized carbons (Fsp3) is 0.545. The van der Waals surface area contributed by atoms with Gasteiger partial charge in [-0.05, 0) is 36.7 Å². The van der Waals surface area contributed by atoms with E-state index in [0.717, 1.165) is 15.9 Å². The molecule has 33 heavy (non-hydrogen) atoms. The van der Waals surface area contributed by atoms with Crippen molar-refractivity contribution in [2.75, 3.05) is 11.9 Å². The maximum absolute atomic E-state index is 13.2. The highest BCUT2D eigenvalue weighted by Gasteiger charge is 2.56. The average Bonchev–Trinajstić information content (AvgIpc) is 2.92. The molecule has 11 heteroatoms. The van der Waals surface area contributed by atoms with Crippen molar-refractivity contribution in [1.82, 2.24) is 24.3 Å². The van der Waals surface area contributed by atoms with Crippen LogP contribution < -0.4 is 21.9 Å². The van der Waals surface area contributed by atoms with Crippen LogP contribution >= 0.6 is 0 Å². The fourth-order valence-electron chi connectivity index (χ4n) is 5.53. The Balaban J connectivity index is 1.54. The van der Waals surface area contributed by atoms with Crippen LogP contribution in [0.2, 0.25) is 0 Å². The van der Waals surface area contributed by atoms with Gasteiger partial charge in [0.25, 0.3) is 11.5 Å². The van der Waals surface area contributed by atoms with E-state index in [1.165, 1.54) is 30.9 Å². The quantitative estimate of drug-likeness (QED) is 0.653. The minimum absolute atomic E-state index is 0.109. The highest BCUT2D eigenvalue weighted by Crippen LogP contribution is 2.46. The van der Waals surface area contributed by atoms with Crippen molar-refractivity contribution < 1.29 is 14.4 Å². The van der Waals surface area contributed by atoms with Gasteiger partial charge >= 0.3 is 11.7 Å². The largest absolute Gasteiger partial charge is 0.332 e. The molecular formula is C22H28N6O5. The smallest absolute Gasteiger partial charge is 0.323 e. The molecule has 2 atom stereocenters. The van der Waals surface area contributed by atoms with Gasteiger partial charge in [0.2, 0.25) is 5.91 Å². The predicted molar refractivity (Wildman–Crippen MR) is 121 cm³/mol. The van der Waals surface area contributed by atoms with Crippen LogP contribution in [0, 0.1) is 11.3 Å². The van der Waals surface area contributed by atoms with Crippen molar-refractivity contribution in [3.8, 4) is 0 Å². The van der Waals surface area contributed by atoms with E-state index in [2.05, 4.69) is 36.4 Å². The Morgan fingerprint density at radius 3 is 2.55 bits per heavy atom. The molecule has 2 N–H and O–H groups in total. The minimum atomic E-state index is -0.986. The number of rotatable bonds is 3. The van der Waals surface area contributed by atoms with Crippen molar-refractivity contribution in [1.29, 1.82) is 0 Å². The topological polar surface area (TPSA) is 135 Å². The van der Waals surface area contributed by atoms with E-state index in [1.807, 2.05) is 0 Å². The number of nitrogens with one attached hydrogen (secondary N) is 2. The molecule has 2 unspecified atom stereocenters.